The molecule has 6 rings (SSSR count). The molecule has 1 aromatic heterocycles. The molecule has 0 radical (unpaired) electrons. The minimum absolute atomic E-state index is 0.0112. The summed E-state index contributed by atoms with van der Waals surface area (Å²) in [6.07, 6.45) is 4.13. The molecule has 1 heterocycles. The number of pyridine rings is 1. The predicted molar refractivity (Wildman–Crippen MR) is 177 cm³/mol. The Kier molecular flexibility index (Phi) is 9.40. The van der Waals surface area contributed by atoms with Crippen LogP contribution in [0, 0.1) is 29.5 Å². The summed E-state index contributed by atoms with van der Waals surface area (Å²) in [4.78, 5) is 43.3. The van der Waals surface area contributed by atoms with Crippen LogP contribution in [0.2, 0.25) is 0 Å². The molecule has 3 saturated carbocycles. The Labute approximate surface area is 292 Å². The second-order valence-electron chi connectivity index (χ2n) is 14.3. The number of anilines is 1. The topological polar surface area (TPSA) is 141 Å². The van der Waals surface area contributed by atoms with Gasteiger partial charge in [0, 0.05) is 46.7 Å². The van der Waals surface area contributed by atoms with Gasteiger partial charge in [-0.25, -0.2) is 12.8 Å². The lowest BCUT2D eigenvalue weighted by molar-refractivity contribution is -0.156. The third-order valence-corrected chi connectivity index (χ3v) is 11.2. The zero-order valence-corrected chi connectivity index (χ0v) is 29.0. The van der Waals surface area contributed by atoms with Crippen LogP contribution in [0.4, 0.5) is 23.2 Å². The Morgan fingerprint density at radius 2 is 1.69 bits per heavy atom. The molecular weight excluding hydrogens is 694 g/mol. The van der Waals surface area contributed by atoms with Crippen LogP contribution < -0.4 is 15.4 Å². The van der Waals surface area contributed by atoms with Gasteiger partial charge in [0.05, 0.1) is 29.4 Å². The number of aromatic nitrogens is 1. The van der Waals surface area contributed by atoms with E-state index in [-0.39, 0.29) is 52.2 Å². The van der Waals surface area contributed by atoms with Gasteiger partial charge in [0.1, 0.15) is 17.2 Å². The van der Waals surface area contributed by atoms with Crippen LogP contribution in [0.3, 0.4) is 0 Å². The van der Waals surface area contributed by atoms with Crippen molar-refractivity contribution in [2.45, 2.75) is 74.4 Å². The first-order valence-corrected chi connectivity index (χ1v) is 18.0. The summed E-state index contributed by atoms with van der Waals surface area (Å²) in [6, 6.07) is 9.06. The summed E-state index contributed by atoms with van der Waals surface area (Å²) in [7, 11) is -4.34. The summed E-state index contributed by atoms with van der Waals surface area (Å²) >= 11 is 0. The standard InChI is InChI=1S/C36H37F4N3O7S/c1-35(2,3)50-34(46)25-15-24(25)28-11-10-20(17-41-28)23-14-26(29(49-4)16-27(23)37)32(44)43-31-19-9-8-18(12-19)30(31)33(45)42-21-6-5-7-22(13-21)51(47,48)36(38,39)40/h5-7,10-11,13-14,16-19,24-25,30-31H,8-9,12,15H2,1-4H3,(H,42,45)(H,43,44)/t18-,19+,24-,25-,30+,31-/m1/s1. The number of esters is 1. The number of hydrogen-bond acceptors (Lipinski definition) is 8. The number of sulfone groups is 1. The number of carbonyl (C=O) groups is 3. The molecule has 272 valence electrons. The van der Waals surface area contributed by atoms with Crippen molar-refractivity contribution in [2.75, 3.05) is 12.4 Å². The van der Waals surface area contributed by atoms with Crippen molar-refractivity contribution in [3.8, 4) is 16.9 Å². The summed E-state index contributed by atoms with van der Waals surface area (Å²) in [5.41, 5.74) is -5.12. The molecule has 0 unspecified atom stereocenters. The largest absolute Gasteiger partial charge is 0.501 e. The van der Waals surface area contributed by atoms with Gasteiger partial charge in [-0.2, -0.15) is 13.2 Å². The van der Waals surface area contributed by atoms with E-state index >= 15 is 4.39 Å². The van der Waals surface area contributed by atoms with E-state index in [1.54, 1.807) is 32.9 Å². The van der Waals surface area contributed by atoms with Crippen LogP contribution >= 0.6 is 0 Å². The van der Waals surface area contributed by atoms with E-state index in [2.05, 4.69) is 15.6 Å². The van der Waals surface area contributed by atoms with E-state index in [1.165, 1.54) is 25.4 Å². The van der Waals surface area contributed by atoms with Crippen LogP contribution in [-0.2, 0) is 24.2 Å². The fraction of sp³-hybridized carbons (Fsp3) is 0.444. The molecule has 6 atom stereocenters. The summed E-state index contributed by atoms with van der Waals surface area (Å²) in [5, 5.41) is 5.47. The van der Waals surface area contributed by atoms with Gasteiger partial charge < -0.3 is 20.1 Å². The Morgan fingerprint density at radius 3 is 2.33 bits per heavy atom. The molecule has 2 amide bonds. The normalized spacial score (nSPS) is 24.2. The lowest BCUT2D eigenvalue weighted by atomic mass is 9.83. The maximum Gasteiger partial charge on any atom is 0.501 e. The molecule has 3 aromatic rings. The van der Waals surface area contributed by atoms with Crippen molar-refractivity contribution in [1.82, 2.24) is 10.3 Å². The second-order valence-corrected chi connectivity index (χ2v) is 16.3. The number of nitrogens with one attached hydrogen (secondary N) is 2. The van der Waals surface area contributed by atoms with Gasteiger partial charge in [-0.05, 0) is 88.6 Å². The first kappa shape index (κ1) is 36.3. The molecule has 2 aromatic carbocycles. The van der Waals surface area contributed by atoms with Crippen LogP contribution in [0.25, 0.3) is 11.1 Å². The summed E-state index contributed by atoms with van der Waals surface area (Å²) < 4.78 is 89.4. The first-order valence-electron chi connectivity index (χ1n) is 16.5. The van der Waals surface area contributed by atoms with Gasteiger partial charge in [0.25, 0.3) is 15.7 Å². The smallest absolute Gasteiger partial charge is 0.496 e. The van der Waals surface area contributed by atoms with Crippen LogP contribution in [0.15, 0.2) is 59.6 Å². The molecule has 0 spiro atoms. The average molecular weight is 732 g/mol. The number of methoxy groups -OCH3 is 1. The number of ether oxygens (including phenoxy) is 2. The minimum atomic E-state index is -5.63. The highest BCUT2D eigenvalue weighted by atomic mass is 32.2. The molecule has 10 nitrogen and oxygen atoms in total. The van der Waals surface area contributed by atoms with Crippen molar-refractivity contribution in [1.29, 1.82) is 0 Å². The molecule has 15 heteroatoms. The number of benzene rings is 2. The fourth-order valence-corrected chi connectivity index (χ4v) is 8.08. The van der Waals surface area contributed by atoms with Crippen molar-refractivity contribution >= 4 is 33.3 Å². The molecule has 2 bridgehead atoms. The van der Waals surface area contributed by atoms with Crippen LogP contribution in [0.5, 0.6) is 5.75 Å². The number of amides is 2. The van der Waals surface area contributed by atoms with Gasteiger partial charge in [-0.3, -0.25) is 19.4 Å². The Morgan fingerprint density at radius 1 is 0.961 bits per heavy atom. The molecule has 3 fully saturated rings. The van der Waals surface area contributed by atoms with E-state index < -0.39 is 55.4 Å². The van der Waals surface area contributed by atoms with Gasteiger partial charge >= 0.3 is 11.5 Å². The minimum Gasteiger partial charge on any atom is -0.496 e. The van der Waals surface area contributed by atoms with Gasteiger partial charge in [0.15, 0.2) is 0 Å². The van der Waals surface area contributed by atoms with Gasteiger partial charge in [-0.15, -0.1) is 0 Å². The predicted octanol–water partition coefficient (Wildman–Crippen LogP) is 6.42. The number of rotatable bonds is 9. The lowest BCUT2D eigenvalue weighted by Crippen LogP contribution is -2.48. The van der Waals surface area contributed by atoms with Crippen LogP contribution in [0.1, 0.15) is 68.4 Å². The Bertz CT molecular complexity index is 1980. The number of fused-ring (bicyclic) bond motifs is 2. The third-order valence-electron chi connectivity index (χ3n) is 9.74. The number of carbonyl (C=O) groups excluding carboxylic acids is 3. The maximum absolute atomic E-state index is 15.4. The molecule has 51 heavy (non-hydrogen) atoms. The highest BCUT2D eigenvalue weighted by Crippen LogP contribution is 2.50. The van der Waals surface area contributed by atoms with Crippen molar-refractivity contribution in [3.05, 3.63) is 71.8 Å². The quantitative estimate of drug-likeness (QED) is 0.190. The molecule has 0 saturated heterocycles. The fourth-order valence-electron chi connectivity index (χ4n) is 7.27. The van der Waals surface area contributed by atoms with E-state index in [9.17, 15) is 36.0 Å². The molecule has 3 aliphatic carbocycles. The van der Waals surface area contributed by atoms with E-state index in [4.69, 9.17) is 9.47 Å². The highest BCUT2D eigenvalue weighted by Gasteiger charge is 2.52. The number of nitrogens with zero attached hydrogens (tertiary/aromatic N) is 1. The van der Waals surface area contributed by atoms with Crippen molar-refractivity contribution in [2.24, 2.45) is 23.7 Å². The zero-order chi connectivity index (χ0) is 37.0. The lowest BCUT2D eigenvalue weighted by Gasteiger charge is -2.31. The summed E-state index contributed by atoms with van der Waals surface area (Å²) in [6.45, 7) is 5.39. The molecular formula is C36H37F4N3O7S. The second kappa shape index (κ2) is 13.2. The number of hydrogen-bond donors (Lipinski definition) is 2. The summed E-state index contributed by atoms with van der Waals surface area (Å²) in [5.74, 6) is -3.56. The van der Waals surface area contributed by atoms with Gasteiger partial charge in [-0.1, -0.05) is 12.1 Å². The average Bonchev–Trinajstić information content (AvgIpc) is 3.61. The molecule has 2 N–H and O–H groups in total. The van der Waals surface area contributed by atoms with Crippen LogP contribution in [-0.4, -0.2) is 55.4 Å². The zero-order valence-electron chi connectivity index (χ0n) is 28.2. The third kappa shape index (κ3) is 7.30. The van der Waals surface area contributed by atoms with Crippen molar-refractivity contribution < 1.29 is 49.8 Å². The Hall–Kier alpha value is -4.53. The Balaban J connectivity index is 1.19. The monoisotopic (exact) mass is 731 g/mol. The van der Waals surface area contributed by atoms with E-state index in [0.717, 1.165) is 30.7 Å². The molecule has 0 aliphatic heterocycles. The SMILES string of the molecule is COc1cc(F)c(-c2ccc([C@@H]3C[C@H]3C(=O)OC(C)(C)C)nc2)cc1C(=O)N[C@@H]1[C@H]2CC[C@H](C2)[C@@H]1C(=O)Nc1cccc(S(=O)(=O)C(F)(F)F)c1. The van der Waals surface area contributed by atoms with Gasteiger partial charge in [0.2, 0.25) is 5.91 Å². The van der Waals surface area contributed by atoms with Crippen molar-refractivity contribution in [3.63, 3.8) is 0 Å². The van der Waals surface area contributed by atoms with E-state index in [0.29, 0.717) is 30.5 Å². The maximum atomic E-state index is 15.4. The number of halogens is 4. The first-order chi connectivity index (χ1) is 23.9. The molecule has 3 aliphatic rings. The number of alkyl halides is 3. The highest BCUT2D eigenvalue weighted by molar-refractivity contribution is 7.92. The van der Waals surface area contributed by atoms with E-state index in [1.807, 2.05) is 0 Å².